The Hall–Kier alpha value is -1.72. The SMILES string of the molecule is CNCc1sc(-c2ccc3nc[nH]c3c2)nc1C. The highest BCUT2D eigenvalue weighted by Gasteiger charge is 2.09. The lowest BCUT2D eigenvalue weighted by atomic mass is 10.2. The average Bonchev–Trinajstić information content (AvgIpc) is 2.96. The average molecular weight is 258 g/mol. The van der Waals surface area contributed by atoms with E-state index in [0.717, 1.165) is 33.8 Å². The summed E-state index contributed by atoms with van der Waals surface area (Å²) in [4.78, 5) is 13.3. The van der Waals surface area contributed by atoms with Crippen molar-refractivity contribution in [1.82, 2.24) is 20.3 Å². The number of H-pyrrole nitrogens is 1. The summed E-state index contributed by atoms with van der Waals surface area (Å²) in [6, 6.07) is 6.20. The molecule has 0 atom stereocenters. The van der Waals surface area contributed by atoms with E-state index in [1.807, 2.05) is 13.1 Å². The van der Waals surface area contributed by atoms with Crippen LogP contribution in [0.15, 0.2) is 24.5 Å². The molecule has 0 saturated heterocycles. The van der Waals surface area contributed by atoms with Crippen LogP contribution in [0.1, 0.15) is 10.6 Å². The molecule has 18 heavy (non-hydrogen) atoms. The van der Waals surface area contributed by atoms with Crippen LogP contribution in [0, 0.1) is 6.92 Å². The first-order valence-electron chi connectivity index (χ1n) is 5.82. The van der Waals surface area contributed by atoms with Crippen molar-refractivity contribution in [2.24, 2.45) is 0 Å². The standard InChI is InChI=1S/C13H14N4S/c1-8-12(6-14-2)18-13(17-8)9-3-4-10-11(5-9)16-7-15-10/h3-5,7,14H,6H2,1-2H3,(H,15,16). The number of hydrogen-bond donors (Lipinski definition) is 2. The van der Waals surface area contributed by atoms with Gasteiger partial charge in [-0.3, -0.25) is 0 Å². The van der Waals surface area contributed by atoms with E-state index in [4.69, 9.17) is 0 Å². The van der Waals surface area contributed by atoms with Crippen LogP contribution in [-0.2, 0) is 6.54 Å². The zero-order valence-electron chi connectivity index (χ0n) is 10.3. The molecule has 0 fully saturated rings. The van der Waals surface area contributed by atoms with Crippen molar-refractivity contribution in [2.75, 3.05) is 7.05 Å². The lowest BCUT2D eigenvalue weighted by molar-refractivity contribution is 0.823. The van der Waals surface area contributed by atoms with Crippen LogP contribution in [-0.4, -0.2) is 22.0 Å². The van der Waals surface area contributed by atoms with Crippen molar-refractivity contribution < 1.29 is 0 Å². The molecule has 0 amide bonds. The third-order valence-corrected chi connectivity index (χ3v) is 4.10. The molecule has 0 bridgehead atoms. The summed E-state index contributed by atoms with van der Waals surface area (Å²) >= 11 is 1.74. The molecule has 2 aromatic heterocycles. The van der Waals surface area contributed by atoms with E-state index in [-0.39, 0.29) is 0 Å². The summed E-state index contributed by atoms with van der Waals surface area (Å²) in [5.74, 6) is 0. The number of aryl methyl sites for hydroxylation is 1. The molecule has 0 aliphatic heterocycles. The van der Waals surface area contributed by atoms with Crippen LogP contribution in [0.4, 0.5) is 0 Å². The molecular formula is C13H14N4S. The van der Waals surface area contributed by atoms with Crippen LogP contribution in [0.3, 0.4) is 0 Å². The number of fused-ring (bicyclic) bond motifs is 1. The molecule has 0 aliphatic carbocycles. The van der Waals surface area contributed by atoms with Crippen molar-refractivity contribution in [3.8, 4) is 10.6 Å². The maximum Gasteiger partial charge on any atom is 0.123 e. The summed E-state index contributed by atoms with van der Waals surface area (Å²) in [5, 5.41) is 4.23. The second-order valence-corrected chi connectivity index (χ2v) is 5.28. The number of imidazole rings is 1. The Morgan fingerprint density at radius 2 is 2.28 bits per heavy atom. The van der Waals surface area contributed by atoms with Gasteiger partial charge in [-0.15, -0.1) is 11.3 Å². The highest BCUT2D eigenvalue weighted by molar-refractivity contribution is 7.15. The van der Waals surface area contributed by atoms with E-state index in [0.29, 0.717) is 0 Å². The monoisotopic (exact) mass is 258 g/mol. The first-order valence-corrected chi connectivity index (χ1v) is 6.64. The number of nitrogens with zero attached hydrogens (tertiary/aromatic N) is 2. The van der Waals surface area contributed by atoms with Gasteiger partial charge in [-0.25, -0.2) is 9.97 Å². The highest BCUT2D eigenvalue weighted by atomic mass is 32.1. The van der Waals surface area contributed by atoms with Crippen molar-refractivity contribution in [2.45, 2.75) is 13.5 Å². The first-order chi connectivity index (χ1) is 8.78. The number of hydrogen-bond acceptors (Lipinski definition) is 4. The minimum atomic E-state index is 0.871. The van der Waals surface area contributed by atoms with Gasteiger partial charge >= 0.3 is 0 Å². The number of thiazole rings is 1. The van der Waals surface area contributed by atoms with Crippen LogP contribution < -0.4 is 5.32 Å². The van der Waals surface area contributed by atoms with E-state index >= 15 is 0 Å². The predicted octanol–water partition coefficient (Wildman–Crippen LogP) is 2.71. The molecule has 2 heterocycles. The third kappa shape index (κ3) is 1.91. The zero-order chi connectivity index (χ0) is 12.5. The van der Waals surface area contributed by atoms with E-state index in [1.165, 1.54) is 4.88 Å². The zero-order valence-corrected chi connectivity index (χ0v) is 11.1. The van der Waals surface area contributed by atoms with Crippen LogP contribution in [0.5, 0.6) is 0 Å². The number of aromatic nitrogens is 3. The second-order valence-electron chi connectivity index (χ2n) is 4.19. The second kappa shape index (κ2) is 4.51. The minimum absolute atomic E-state index is 0.871. The van der Waals surface area contributed by atoms with Gasteiger partial charge < -0.3 is 10.3 Å². The minimum Gasteiger partial charge on any atom is -0.345 e. The molecule has 3 rings (SSSR count). The van der Waals surface area contributed by atoms with E-state index in [1.54, 1.807) is 17.7 Å². The lowest BCUT2D eigenvalue weighted by Crippen LogP contribution is -2.04. The first kappa shape index (κ1) is 11.4. The van der Waals surface area contributed by atoms with Gasteiger partial charge in [0.2, 0.25) is 0 Å². The van der Waals surface area contributed by atoms with Crippen molar-refractivity contribution in [1.29, 1.82) is 0 Å². The molecule has 0 saturated carbocycles. The Balaban J connectivity index is 2.05. The molecule has 0 spiro atoms. The number of nitrogens with one attached hydrogen (secondary N) is 2. The van der Waals surface area contributed by atoms with E-state index < -0.39 is 0 Å². The fraction of sp³-hybridized carbons (Fsp3) is 0.231. The quantitative estimate of drug-likeness (QED) is 0.759. The summed E-state index contributed by atoms with van der Waals surface area (Å²) in [6.07, 6.45) is 1.72. The summed E-state index contributed by atoms with van der Waals surface area (Å²) in [5.41, 5.74) is 4.29. The Labute approximate surface area is 109 Å². The Kier molecular flexibility index (Phi) is 2.85. The maximum absolute atomic E-state index is 4.63. The molecule has 2 N–H and O–H groups in total. The fourth-order valence-electron chi connectivity index (χ4n) is 1.94. The van der Waals surface area contributed by atoms with E-state index in [9.17, 15) is 0 Å². The van der Waals surface area contributed by atoms with Gasteiger partial charge in [-0.05, 0) is 32.2 Å². The van der Waals surface area contributed by atoms with Crippen LogP contribution in [0.2, 0.25) is 0 Å². The van der Waals surface area contributed by atoms with Gasteiger partial charge in [0, 0.05) is 17.0 Å². The van der Waals surface area contributed by atoms with Crippen molar-refractivity contribution >= 4 is 22.4 Å². The van der Waals surface area contributed by atoms with Crippen LogP contribution >= 0.6 is 11.3 Å². The normalized spacial score (nSPS) is 11.2. The molecule has 92 valence electrons. The Morgan fingerprint density at radius 3 is 3.11 bits per heavy atom. The Morgan fingerprint density at radius 1 is 1.39 bits per heavy atom. The predicted molar refractivity (Wildman–Crippen MR) is 74.7 cm³/mol. The molecule has 4 nitrogen and oxygen atoms in total. The molecular weight excluding hydrogens is 244 g/mol. The van der Waals surface area contributed by atoms with Gasteiger partial charge in [0.25, 0.3) is 0 Å². The number of aromatic amines is 1. The van der Waals surface area contributed by atoms with Gasteiger partial charge in [-0.2, -0.15) is 0 Å². The fourth-order valence-corrected chi connectivity index (χ4v) is 3.02. The molecule has 3 aromatic rings. The molecule has 1 aromatic carbocycles. The van der Waals surface area contributed by atoms with Gasteiger partial charge in [0.05, 0.1) is 23.1 Å². The molecule has 0 radical (unpaired) electrons. The van der Waals surface area contributed by atoms with Gasteiger partial charge in [-0.1, -0.05) is 0 Å². The van der Waals surface area contributed by atoms with E-state index in [2.05, 4.69) is 39.3 Å². The highest BCUT2D eigenvalue weighted by Crippen LogP contribution is 2.29. The lowest BCUT2D eigenvalue weighted by Gasteiger charge is -1.96. The smallest absolute Gasteiger partial charge is 0.123 e. The van der Waals surface area contributed by atoms with Gasteiger partial charge in [0.1, 0.15) is 5.01 Å². The Bertz CT molecular complexity index is 683. The van der Waals surface area contributed by atoms with Crippen molar-refractivity contribution in [3.05, 3.63) is 35.1 Å². The summed E-state index contributed by atoms with van der Waals surface area (Å²) in [6.45, 7) is 2.93. The molecule has 0 unspecified atom stereocenters. The van der Waals surface area contributed by atoms with Crippen molar-refractivity contribution in [3.63, 3.8) is 0 Å². The topological polar surface area (TPSA) is 53.6 Å². The maximum atomic E-state index is 4.63. The largest absolute Gasteiger partial charge is 0.345 e. The molecule has 0 aliphatic rings. The summed E-state index contributed by atoms with van der Waals surface area (Å²) in [7, 11) is 1.95. The van der Waals surface area contributed by atoms with Gasteiger partial charge in [0.15, 0.2) is 0 Å². The number of benzene rings is 1. The number of rotatable bonds is 3. The van der Waals surface area contributed by atoms with Crippen LogP contribution in [0.25, 0.3) is 21.6 Å². The summed E-state index contributed by atoms with van der Waals surface area (Å²) < 4.78 is 0. The third-order valence-electron chi connectivity index (χ3n) is 2.90. The molecule has 5 heteroatoms.